The molecule has 1 aliphatic carbocycles. The molecule has 0 heterocycles. The molecule has 0 saturated carbocycles. The molecule has 51 valence electrons. The van der Waals surface area contributed by atoms with E-state index < -0.39 is 0 Å². The molecule has 1 radical (unpaired) electrons. The summed E-state index contributed by atoms with van der Waals surface area (Å²) in [5.74, 6) is 1.28. The van der Waals surface area contributed by atoms with Gasteiger partial charge >= 0.3 is 0 Å². The fraction of sp³-hybridized carbons (Fsp3) is 0.250. The van der Waals surface area contributed by atoms with Crippen LogP contribution in [-0.4, -0.2) is 0 Å². The zero-order chi connectivity index (χ0) is 5.98. The molecule has 2 heteroatoms. The monoisotopic (exact) mass is 296 g/mol. The summed E-state index contributed by atoms with van der Waals surface area (Å²) in [5.41, 5.74) is 4.31. The van der Waals surface area contributed by atoms with Crippen LogP contribution in [0.3, 0.4) is 0 Å². The van der Waals surface area contributed by atoms with Crippen LogP contribution < -0.4 is 24.0 Å². The van der Waals surface area contributed by atoms with Crippen molar-refractivity contribution in [3.63, 3.8) is 0 Å². The molecule has 0 unspecified atom stereocenters. The Labute approximate surface area is 92.2 Å². The van der Waals surface area contributed by atoms with Crippen molar-refractivity contribution in [2.24, 2.45) is 0 Å². The molecule has 10 heavy (non-hydrogen) atoms. The predicted molar refractivity (Wildman–Crippen MR) is 35.3 cm³/mol. The quantitative estimate of drug-likeness (QED) is 0.314. The Hall–Kier alpha value is 0.613. The molecule has 0 spiro atoms. The molecule has 0 atom stereocenters. The smallest absolute Gasteiger partial charge is 0.0243 e. The molecule has 0 aromatic carbocycles. The van der Waals surface area contributed by atoms with Crippen LogP contribution in [0.1, 0.15) is 13.8 Å². The van der Waals surface area contributed by atoms with Crippen LogP contribution in [0.15, 0.2) is 29.5 Å². The molecule has 1 rings (SSSR count). The van der Waals surface area contributed by atoms with Crippen LogP contribution in [0, 0.1) is 5.92 Å². The summed E-state index contributed by atoms with van der Waals surface area (Å²) < 4.78 is 0. The van der Waals surface area contributed by atoms with Crippen LogP contribution in [0.5, 0.6) is 0 Å². The molecule has 0 fully saturated rings. The van der Waals surface area contributed by atoms with Crippen LogP contribution in [0.2, 0.25) is 0 Å². The molecule has 0 aromatic heterocycles. The second kappa shape index (κ2) is 6.33. The van der Waals surface area contributed by atoms with Crippen molar-refractivity contribution in [2.75, 3.05) is 0 Å². The molecule has 1 aliphatic rings. The van der Waals surface area contributed by atoms with Gasteiger partial charge in [0.1, 0.15) is 0 Å². The second-order valence-electron chi connectivity index (χ2n) is 2.09. The summed E-state index contributed by atoms with van der Waals surface area (Å²) in [5, 5.41) is 0. The van der Waals surface area contributed by atoms with Gasteiger partial charge in [-0.25, -0.2) is 0 Å². The van der Waals surface area contributed by atoms with Crippen molar-refractivity contribution < 1.29 is 43.5 Å². The molecule has 0 saturated heterocycles. The normalized spacial score (nSPS) is 15.2. The Bertz CT molecular complexity index is 176. The van der Waals surface area contributed by atoms with E-state index in [1.165, 1.54) is 11.5 Å². The first-order chi connectivity index (χ1) is 3.79. The van der Waals surface area contributed by atoms with Crippen molar-refractivity contribution in [3.8, 4) is 0 Å². The summed E-state index contributed by atoms with van der Waals surface area (Å²) in [6, 6.07) is 0. The van der Waals surface area contributed by atoms with E-state index >= 15 is 0 Å². The summed E-state index contributed by atoms with van der Waals surface area (Å²) >= 11 is 0. The molecule has 0 aromatic rings. The molecule has 0 N–H and O–H groups in total. The van der Waals surface area contributed by atoms with E-state index in [0.717, 1.165) is 0 Å². The van der Waals surface area contributed by atoms with Crippen LogP contribution in [0.25, 0.3) is 0 Å². The minimum Gasteiger partial charge on any atom is -1.00 e. The molecular formula is C8H9IZn-. The van der Waals surface area contributed by atoms with Gasteiger partial charge in [0, 0.05) is 25.4 Å². The van der Waals surface area contributed by atoms with Crippen molar-refractivity contribution in [2.45, 2.75) is 13.8 Å². The zero-order valence-electron chi connectivity index (χ0n) is 6.32. The minimum atomic E-state index is 0. The van der Waals surface area contributed by atoms with E-state index in [9.17, 15) is 0 Å². The summed E-state index contributed by atoms with van der Waals surface area (Å²) in [7, 11) is 0. The summed E-state index contributed by atoms with van der Waals surface area (Å²) in [6.07, 6.45) is 6.09. The van der Waals surface area contributed by atoms with Crippen molar-refractivity contribution >= 4 is 0 Å². The Morgan fingerprint density at radius 1 is 1.20 bits per heavy atom. The van der Waals surface area contributed by atoms with E-state index in [0.29, 0.717) is 0 Å². The third-order valence-electron chi connectivity index (χ3n) is 1.08. The van der Waals surface area contributed by atoms with Crippen LogP contribution >= 0.6 is 0 Å². The van der Waals surface area contributed by atoms with Gasteiger partial charge in [-0.1, -0.05) is 13.0 Å². The van der Waals surface area contributed by atoms with Gasteiger partial charge in [-0.3, -0.25) is 0 Å². The first-order valence-electron chi connectivity index (χ1n) is 2.73. The van der Waals surface area contributed by atoms with Gasteiger partial charge in [0.15, 0.2) is 0 Å². The largest absolute Gasteiger partial charge is 1.00 e. The van der Waals surface area contributed by atoms with E-state index in [2.05, 4.69) is 25.7 Å². The second-order valence-corrected chi connectivity index (χ2v) is 2.09. The average Bonchev–Trinajstić information content (AvgIpc) is 1.64. The van der Waals surface area contributed by atoms with Gasteiger partial charge in [-0.15, -0.1) is 5.73 Å². The van der Waals surface area contributed by atoms with E-state index in [4.69, 9.17) is 0 Å². The SMILES string of the molecule is C[C]1C=C=CC(C)=C1.[I-].[Zn]. The molecule has 0 aliphatic heterocycles. The standard InChI is InChI=1S/C8H9.HI.Zn/c1-7-4-3-5-8(2)6-7;;/h4-6H,1-2H3;1H;/p-1. The molecule has 0 nitrogen and oxygen atoms in total. The molecular weight excluding hydrogens is 288 g/mol. The number of hydrogen-bond donors (Lipinski definition) is 0. The number of halogens is 1. The average molecular weight is 297 g/mol. The predicted octanol–water partition coefficient (Wildman–Crippen LogP) is -0.747. The zero-order valence-corrected chi connectivity index (χ0v) is 11.4. The van der Waals surface area contributed by atoms with Gasteiger partial charge in [0.25, 0.3) is 0 Å². The van der Waals surface area contributed by atoms with E-state index in [1.54, 1.807) is 0 Å². The maximum atomic E-state index is 3.03. The van der Waals surface area contributed by atoms with Crippen molar-refractivity contribution in [1.29, 1.82) is 0 Å². The maximum Gasteiger partial charge on any atom is 0.0243 e. The Morgan fingerprint density at radius 3 is 2.10 bits per heavy atom. The third-order valence-corrected chi connectivity index (χ3v) is 1.08. The third kappa shape index (κ3) is 4.43. The van der Waals surface area contributed by atoms with E-state index in [1.807, 2.05) is 12.2 Å². The Balaban J connectivity index is 0. The van der Waals surface area contributed by atoms with Gasteiger partial charge in [0.05, 0.1) is 0 Å². The summed E-state index contributed by atoms with van der Waals surface area (Å²) in [6.45, 7) is 4.15. The summed E-state index contributed by atoms with van der Waals surface area (Å²) in [4.78, 5) is 0. The van der Waals surface area contributed by atoms with Gasteiger partial charge in [0.2, 0.25) is 0 Å². The van der Waals surface area contributed by atoms with Crippen molar-refractivity contribution in [1.82, 2.24) is 0 Å². The number of allylic oxidation sites excluding steroid dienone is 3. The topological polar surface area (TPSA) is 0 Å². The van der Waals surface area contributed by atoms with Gasteiger partial charge in [-0.05, 0) is 24.6 Å². The fourth-order valence-electron chi connectivity index (χ4n) is 0.747. The Morgan fingerprint density at radius 2 is 1.80 bits per heavy atom. The minimum absolute atomic E-state index is 0. The first-order valence-corrected chi connectivity index (χ1v) is 2.73. The van der Waals surface area contributed by atoms with Gasteiger partial charge in [-0.2, -0.15) is 0 Å². The number of rotatable bonds is 0. The van der Waals surface area contributed by atoms with Crippen LogP contribution in [0.4, 0.5) is 0 Å². The molecule has 0 bridgehead atoms. The van der Waals surface area contributed by atoms with Crippen LogP contribution in [-0.2, 0) is 19.5 Å². The van der Waals surface area contributed by atoms with Gasteiger partial charge < -0.3 is 24.0 Å². The fourth-order valence-corrected chi connectivity index (χ4v) is 0.747. The van der Waals surface area contributed by atoms with Crippen molar-refractivity contribution in [3.05, 3.63) is 35.5 Å². The number of hydrogen-bond acceptors (Lipinski definition) is 0. The first kappa shape index (κ1) is 13.2. The Kier molecular flexibility index (Phi) is 8.37. The van der Waals surface area contributed by atoms with E-state index in [-0.39, 0.29) is 43.5 Å². The maximum absolute atomic E-state index is 3.03. The molecule has 0 amide bonds.